The number of halogens is 1. The van der Waals surface area contributed by atoms with Crippen molar-refractivity contribution in [3.63, 3.8) is 0 Å². The minimum atomic E-state index is -1.21. The molecule has 18 heavy (non-hydrogen) atoms. The van der Waals surface area contributed by atoms with Gasteiger partial charge in [0.2, 0.25) is 0 Å². The van der Waals surface area contributed by atoms with Crippen molar-refractivity contribution in [2.75, 3.05) is 7.11 Å². The quantitative estimate of drug-likeness (QED) is 0.907. The van der Waals surface area contributed by atoms with Gasteiger partial charge in [0.15, 0.2) is 23.0 Å². The van der Waals surface area contributed by atoms with E-state index < -0.39 is 11.8 Å². The van der Waals surface area contributed by atoms with E-state index in [9.17, 15) is 9.18 Å². The average molecular weight is 251 g/mol. The molecule has 1 heterocycles. The first kappa shape index (κ1) is 12.1. The molecule has 1 aromatic carbocycles. The molecule has 0 bridgehead atoms. The minimum Gasteiger partial charge on any atom is -0.493 e. The number of carboxylic acid groups (broad SMARTS) is 1. The first-order valence-electron chi connectivity index (χ1n) is 5.07. The molecule has 0 spiro atoms. The van der Waals surface area contributed by atoms with E-state index in [1.165, 1.54) is 19.2 Å². The highest BCUT2D eigenvalue weighted by Gasteiger charge is 2.18. The van der Waals surface area contributed by atoms with Gasteiger partial charge in [0.25, 0.3) is 0 Å². The van der Waals surface area contributed by atoms with Crippen LogP contribution in [0.2, 0.25) is 0 Å². The molecule has 6 heteroatoms. The molecule has 0 unspecified atom stereocenters. The lowest BCUT2D eigenvalue weighted by Crippen LogP contribution is -1.95. The second kappa shape index (κ2) is 4.48. The highest BCUT2D eigenvalue weighted by atomic mass is 19.1. The van der Waals surface area contributed by atoms with E-state index >= 15 is 0 Å². The van der Waals surface area contributed by atoms with Gasteiger partial charge in [0, 0.05) is 6.07 Å². The van der Waals surface area contributed by atoms with Crippen molar-refractivity contribution in [3.8, 4) is 17.1 Å². The van der Waals surface area contributed by atoms with Gasteiger partial charge in [0.05, 0.1) is 12.7 Å². The number of aryl methyl sites for hydroxylation is 1. The third-order valence-corrected chi connectivity index (χ3v) is 2.39. The Kier molecular flexibility index (Phi) is 3.01. The lowest BCUT2D eigenvalue weighted by Gasteiger charge is -2.07. The number of methoxy groups -OCH3 is 1. The molecule has 1 aromatic heterocycles. The normalized spacial score (nSPS) is 10.4. The first-order chi connectivity index (χ1) is 8.52. The third kappa shape index (κ3) is 2.04. The number of aromatic nitrogens is 1. The Morgan fingerprint density at radius 2 is 2.17 bits per heavy atom. The van der Waals surface area contributed by atoms with Crippen LogP contribution >= 0.6 is 0 Å². The summed E-state index contributed by atoms with van der Waals surface area (Å²) in [5, 5.41) is 12.1. The molecule has 5 nitrogen and oxygen atoms in total. The van der Waals surface area contributed by atoms with Crippen molar-refractivity contribution in [3.05, 3.63) is 35.3 Å². The molecule has 0 aliphatic carbocycles. The van der Waals surface area contributed by atoms with Crippen LogP contribution in [0.1, 0.15) is 16.1 Å². The van der Waals surface area contributed by atoms with Crippen LogP contribution in [0.3, 0.4) is 0 Å². The summed E-state index contributed by atoms with van der Waals surface area (Å²) >= 11 is 0. The van der Waals surface area contributed by atoms with Crippen LogP contribution in [-0.2, 0) is 0 Å². The van der Waals surface area contributed by atoms with Crippen LogP contribution in [-0.4, -0.2) is 23.3 Å². The van der Waals surface area contributed by atoms with Gasteiger partial charge in [-0.3, -0.25) is 0 Å². The van der Waals surface area contributed by atoms with E-state index in [2.05, 4.69) is 5.16 Å². The Bertz CT molecular complexity index is 606. The zero-order valence-corrected chi connectivity index (χ0v) is 9.73. The SMILES string of the molecule is COc1c(F)cc(C)cc1-c1cc(C(=O)O)no1. The van der Waals surface area contributed by atoms with Crippen molar-refractivity contribution < 1.29 is 23.6 Å². The van der Waals surface area contributed by atoms with Crippen molar-refractivity contribution in [2.24, 2.45) is 0 Å². The summed E-state index contributed by atoms with van der Waals surface area (Å²) in [6.07, 6.45) is 0. The summed E-state index contributed by atoms with van der Waals surface area (Å²) < 4.78 is 23.5. The van der Waals surface area contributed by atoms with Crippen molar-refractivity contribution in [1.82, 2.24) is 5.16 Å². The van der Waals surface area contributed by atoms with Gasteiger partial charge in [-0.15, -0.1) is 0 Å². The molecular weight excluding hydrogens is 241 g/mol. The number of carbonyl (C=O) groups is 1. The van der Waals surface area contributed by atoms with Crippen molar-refractivity contribution >= 4 is 5.97 Å². The molecule has 0 radical (unpaired) electrons. The predicted molar refractivity (Wildman–Crippen MR) is 60.1 cm³/mol. The number of hydrogen-bond acceptors (Lipinski definition) is 4. The zero-order chi connectivity index (χ0) is 13.3. The maximum atomic E-state index is 13.7. The Hall–Kier alpha value is -2.37. The van der Waals surface area contributed by atoms with Gasteiger partial charge >= 0.3 is 5.97 Å². The van der Waals surface area contributed by atoms with Crippen molar-refractivity contribution in [1.29, 1.82) is 0 Å². The van der Waals surface area contributed by atoms with E-state index in [-0.39, 0.29) is 17.2 Å². The molecule has 0 saturated heterocycles. The van der Waals surface area contributed by atoms with Gasteiger partial charge in [-0.05, 0) is 24.6 Å². The molecular formula is C12H10FNO4. The van der Waals surface area contributed by atoms with Crippen LogP contribution in [0.5, 0.6) is 5.75 Å². The fourth-order valence-electron chi connectivity index (χ4n) is 1.62. The lowest BCUT2D eigenvalue weighted by molar-refractivity contribution is 0.0686. The molecule has 0 aliphatic rings. The molecule has 0 saturated carbocycles. The summed E-state index contributed by atoms with van der Waals surface area (Å²) in [7, 11) is 1.33. The summed E-state index contributed by atoms with van der Waals surface area (Å²) in [4.78, 5) is 10.7. The number of rotatable bonds is 3. The van der Waals surface area contributed by atoms with Gasteiger partial charge in [-0.2, -0.15) is 0 Å². The third-order valence-electron chi connectivity index (χ3n) is 2.39. The largest absolute Gasteiger partial charge is 0.493 e. The predicted octanol–water partition coefficient (Wildman–Crippen LogP) is 2.50. The highest BCUT2D eigenvalue weighted by molar-refractivity contribution is 5.86. The van der Waals surface area contributed by atoms with E-state index in [0.29, 0.717) is 11.1 Å². The van der Waals surface area contributed by atoms with Gasteiger partial charge in [0.1, 0.15) is 0 Å². The molecule has 94 valence electrons. The maximum Gasteiger partial charge on any atom is 0.358 e. The van der Waals surface area contributed by atoms with Gasteiger partial charge < -0.3 is 14.4 Å². The molecule has 0 amide bonds. The molecule has 2 rings (SSSR count). The molecule has 2 aromatic rings. The van der Waals surface area contributed by atoms with E-state index in [4.69, 9.17) is 14.4 Å². The summed E-state index contributed by atoms with van der Waals surface area (Å²) in [6, 6.07) is 4.17. The van der Waals surface area contributed by atoms with Gasteiger partial charge in [-0.1, -0.05) is 5.16 Å². The number of nitrogens with zero attached hydrogens (tertiary/aromatic N) is 1. The standard InChI is InChI=1S/C12H10FNO4/c1-6-3-7(11(17-2)8(13)4-6)10-5-9(12(15)16)14-18-10/h3-5H,1-2H3,(H,15,16). The Balaban J connectivity index is 2.58. The maximum absolute atomic E-state index is 13.7. The summed E-state index contributed by atoms with van der Waals surface area (Å²) in [6.45, 7) is 1.71. The number of hydrogen-bond donors (Lipinski definition) is 1. The summed E-state index contributed by atoms with van der Waals surface area (Å²) in [5.74, 6) is -1.61. The highest BCUT2D eigenvalue weighted by Crippen LogP contribution is 2.33. The Labute approximate surface area is 102 Å². The van der Waals surface area contributed by atoms with E-state index in [0.717, 1.165) is 0 Å². The molecule has 1 N–H and O–H groups in total. The van der Waals surface area contributed by atoms with Crippen LogP contribution < -0.4 is 4.74 Å². The minimum absolute atomic E-state index is 0.00584. The monoisotopic (exact) mass is 251 g/mol. The zero-order valence-electron chi connectivity index (χ0n) is 9.73. The smallest absolute Gasteiger partial charge is 0.358 e. The van der Waals surface area contributed by atoms with Crippen LogP contribution in [0.15, 0.2) is 22.7 Å². The molecule has 0 atom stereocenters. The Morgan fingerprint density at radius 1 is 1.44 bits per heavy atom. The molecule has 0 fully saturated rings. The number of aromatic carboxylic acids is 1. The second-order valence-electron chi connectivity index (χ2n) is 3.71. The number of carboxylic acids is 1. The fourth-order valence-corrected chi connectivity index (χ4v) is 1.62. The average Bonchev–Trinajstić information content (AvgIpc) is 2.77. The lowest BCUT2D eigenvalue weighted by atomic mass is 10.1. The second-order valence-corrected chi connectivity index (χ2v) is 3.71. The van der Waals surface area contributed by atoms with Crippen LogP contribution in [0, 0.1) is 12.7 Å². The van der Waals surface area contributed by atoms with E-state index in [1.54, 1.807) is 13.0 Å². The summed E-state index contributed by atoms with van der Waals surface area (Å²) in [5.41, 5.74) is 0.751. The van der Waals surface area contributed by atoms with Crippen LogP contribution in [0.4, 0.5) is 4.39 Å². The first-order valence-corrected chi connectivity index (χ1v) is 5.07. The van der Waals surface area contributed by atoms with Crippen molar-refractivity contribution in [2.45, 2.75) is 6.92 Å². The fraction of sp³-hybridized carbons (Fsp3) is 0.167. The van der Waals surface area contributed by atoms with E-state index in [1.807, 2.05) is 0 Å². The number of ether oxygens (including phenoxy) is 1. The topological polar surface area (TPSA) is 72.6 Å². The number of benzene rings is 1. The Morgan fingerprint density at radius 3 is 2.72 bits per heavy atom. The van der Waals surface area contributed by atoms with Crippen LogP contribution in [0.25, 0.3) is 11.3 Å². The van der Waals surface area contributed by atoms with Gasteiger partial charge in [-0.25, -0.2) is 9.18 Å². The molecule has 0 aliphatic heterocycles.